The minimum Gasteiger partial charge on any atom is -0.252 e. The molecular weight excluding hydrogens is 262 g/mol. The average Bonchev–Trinajstić information content (AvgIpc) is 2.65. The zero-order valence-electron chi connectivity index (χ0n) is 6.94. The largest absolute Gasteiger partial charge is 0.252 e. The van der Waals surface area contributed by atoms with Crippen LogP contribution in [0.3, 0.4) is 0 Å². The molecule has 0 aliphatic carbocycles. The standard InChI is InChI=1S/C9H4BrN3S/c10-8-5-14-9(13-8)7-2-1-6(3-11)4-12-7/h1-2,4-5H. The van der Waals surface area contributed by atoms with E-state index in [0.29, 0.717) is 5.56 Å². The number of nitrogens with zero attached hydrogens (tertiary/aromatic N) is 3. The Labute approximate surface area is 93.2 Å². The summed E-state index contributed by atoms with van der Waals surface area (Å²) in [5.41, 5.74) is 1.35. The number of nitriles is 1. The number of pyridine rings is 1. The molecule has 2 aromatic rings. The van der Waals surface area contributed by atoms with E-state index >= 15 is 0 Å². The van der Waals surface area contributed by atoms with Crippen molar-refractivity contribution in [1.82, 2.24) is 9.97 Å². The van der Waals surface area contributed by atoms with Gasteiger partial charge in [0.1, 0.15) is 15.7 Å². The molecular formula is C9H4BrN3S. The summed E-state index contributed by atoms with van der Waals surface area (Å²) in [6, 6.07) is 5.55. The van der Waals surface area contributed by atoms with Crippen molar-refractivity contribution in [2.45, 2.75) is 0 Å². The zero-order valence-corrected chi connectivity index (χ0v) is 9.34. The van der Waals surface area contributed by atoms with Gasteiger partial charge in [-0.15, -0.1) is 11.3 Å². The van der Waals surface area contributed by atoms with Gasteiger partial charge in [-0.1, -0.05) is 0 Å². The Kier molecular flexibility index (Phi) is 2.57. The number of aromatic nitrogens is 2. The Balaban J connectivity index is 2.39. The molecule has 0 aromatic carbocycles. The van der Waals surface area contributed by atoms with E-state index in [2.05, 4.69) is 25.9 Å². The van der Waals surface area contributed by atoms with Gasteiger partial charge >= 0.3 is 0 Å². The number of halogens is 1. The number of hydrogen-bond acceptors (Lipinski definition) is 4. The first kappa shape index (κ1) is 9.31. The summed E-state index contributed by atoms with van der Waals surface area (Å²) in [5, 5.41) is 11.3. The van der Waals surface area contributed by atoms with Crippen LogP contribution in [0, 0.1) is 11.3 Å². The highest BCUT2D eigenvalue weighted by atomic mass is 79.9. The summed E-state index contributed by atoms with van der Waals surface area (Å²) in [6.07, 6.45) is 1.55. The lowest BCUT2D eigenvalue weighted by atomic mass is 10.3. The van der Waals surface area contributed by atoms with Gasteiger partial charge in [-0.25, -0.2) is 4.98 Å². The van der Waals surface area contributed by atoms with Crippen molar-refractivity contribution >= 4 is 27.3 Å². The molecule has 68 valence electrons. The van der Waals surface area contributed by atoms with Crippen LogP contribution in [0.2, 0.25) is 0 Å². The fourth-order valence-corrected chi connectivity index (χ4v) is 2.19. The van der Waals surface area contributed by atoms with Crippen LogP contribution in [-0.2, 0) is 0 Å². The lowest BCUT2D eigenvalue weighted by Crippen LogP contribution is -1.83. The van der Waals surface area contributed by atoms with E-state index in [1.807, 2.05) is 11.4 Å². The van der Waals surface area contributed by atoms with Crippen LogP contribution in [-0.4, -0.2) is 9.97 Å². The maximum absolute atomic E-state index is 8.59. The predicted molar refractivity (Wildman–Crippen MR) is 57.8 cm³/mol. The van der Waals surface area contributed by atoms with Gasteiger partial charge in [0.2, 0.25) is 0 Å². The van der Waals surface area contributed by atoms with Crippen molar-refractivity contribution in [2.75, 3.05) is 0 Å². The second-order valence-corrected chi connectivity index (χ2v) is 4.19. The number of hydrogen-bond donors (Lipinski definition) is 0. The molecule has 3 nitrogen and oxygen atoms in total. The molecule has 0 aliphatic rings. The molecule has 0 saturated carbocycles. The topological polar surface area (TPSA) is 49.6 Å². The molecule has 0 amide bonds. The number of thiazole rings is 1. The summed E-state index contributed by atoms with van der Waals surface area (Å²) in [6.45, 7) is 0. The van der Waals surface area contributed by atoms with Gasteiger partial charge in [-0.3, -0.25) is 4.98 Å². The van der Waals surface area contributed by atoms with E-state index in [0.717, 1.165) is 15.3 Å². The summed E-state index contributed by atoms with van der Waals surface area (Å²) in [4.78, 5) is 8.36. The molecule has 0 radical (unpaired) electrons. The van der Waals surface area contributed by atoms with Crippen LogP contribution in [0.15, 0.2) is 28.3 Å². The maximum Gasteiger partial charge on any atom is 0.143 e. The van der Waals surface area contributed by atoms with Crippen LogP contribution in [0.1, 0.15) is 5.56 Å². The summed E-state index contributed by atoms with van der Waals surface area (Å²) < 4.78 is 0.809. The summed E-state index contributed by atoms with van der Waals surface area (Å²) >= 11 is 4.79. The molecule has 0 atom stereocenters. The minimum atomic E-state index is 0.560. The first-order chi connectivity index (χ1) is 6.79. The van der Waals surface area contributed by atoms with Gasteiger partial charge in [0, 0.05) is 11.6 Å². The third-order valence-electron chi connectivity index (χ3n) is 1.59. The van der Waals surface area contributed by atoms with Crippen molar-refractivity contribution in [3.63, 3.8) is 0 Å². The Morgan fingerprint density at radius 2 is 2.29 bits per heavy atom. The number of rotatable bonds is 1. The van der Waals surface area contributed by atoms with E-state index in [4.69, 9.17) is 5.26 Å². The second-order valence-electron chi connectivity index (χ2n) is 2.52. The van der Waals surface area contributed by atoms with E-state index in [-0.39, 0.29) is 0 Å². The van der Waals surface area contributed by atoms with Crippen molar-refractivity contribution in [3.8, 4) is 16.8 Å². The van der Waals surface area contributed by atoms with E-state index < -0.39 is 0 Å². The normalized spacial score (nSPS) is 9.71. The lowest BCUT2D eigenvalue weighted by Gasteiger charge is -1.93. The minimum absolute atomic E-state index is 0.560. The Hall–Kier alpha value is -1.25. The van der Waals surface area contributed by atoms with Crippen molar-refractivity contribution < 1.29 is 0 Å². The third-order valence-corrected chi connectivity index (χ3v) is 3.16. The summed E-state index contributed by atoms with van der Waals surface area (Å²) in [7, 11) is 0. The van der Waals surface area contributed by atoms with Gasteiger partial charge in [0.05, 0.1) is 11.3 Å². The SMILES string of the molecule is N#Cc1ccc(-c2nc(Br)cs2)nc1. The highest BCUT2D eigenvalue weighted by Crippen LogP contribution is 2.24. The first-order valence-corrected chi connectivity index (χ1v) is 5.44. The van der Waals surface area contributed by atoms with E-state index in [9.17, 15) is 0 Å². The molecule has 0 spiro atoms. The third kappa shape index (κ3) is 1.81. The molecule has 14 heavy (non-hydrogen) atoms. The summed E-state index contributed by atoms with van der Waals surface area (Å²) in [5.74, 6) is 0. The van der Waals surface area contributed by atoms with E-state index in [1.54, 1.807) is 18.3 Å². The molecule has 0 unspecified atom stereocenters. The van der Waals surface area contributed by atoms with Gasteiger partial charge in [0.15, 0.2) is 0 Å². The smallest absolute Gasteiger partial charge is 0.143 e. The van der Waals surface area contributed by atoms with Gasteiger partial charge < -0.3 is 0 Å². The molecule has 2 rings (SSSR count). The molecule has 0 aliphatic heterocycles. The monoisotopic (exact) mass is 265 g/mol. The van der Waals surface area contributed by atoms with Crippen LogP contribution < -0.4 is 0 Å². The molecule has 0 N–H and O–H groups in total. The predicted octanol–water partition coefficient (Wildman–Crippen LogP) is 2.84. The molecule has 0 fully saturated rings. The quantitative estimate of drug-likeness (QED) is 0.797. The first-order valence-electron chi connectivity index (χ1n) is 3.77. The maximum atomic E-state index is 8.59. The van der Waals surface area contributed by atoms with E-state index in [1.165, 1.54) is 11.3 Å². The Morgan fingerprint density at radius 1 is 1.43 bits per heavy atom. The zero-order chi connectivity index (χ0) is 9.97. The second kappa shape index (κ2) is 3.86. The lowest BCUT2D eigenvalue weighted by molar-refractivity contribution is 1.26. The molecule has 0 bridgehead atoms. The van der Waals surface area contributed by atoms with Crippen LogP contribution in [0.4, 0.5) is 0 Å². The Morgan fingerprint density at radius 3 is 2.79 bits per heavy atom. The highest BCUT2D eigenvalue weighted by Gasteiger charge is 2.03. The highest BCUT2D eigenvalue weighted by molar-refractivity contribution is 9.10. The van der Waals surface area contributed by atoms with Gasteiger partial charge in [-0.2, -0.15) is 5.26 Å². The molecule has 5 heteroatoms. The molecule has 0 saturated heterocycles. The molecule has 2 aromatic heterocycles. The van der Waals surface area contributed by atoms with Gasteiger partial charge in [-0.05, 0) is 28.1 Å². The van der Waals surface area contributed by atoms with Crippen molar-refractivity contribution in [1.29, 1.82) is 5.26 Å². The average molecular weight is 266 g/mol. The van der Waals surface area contributed by atoms with Crippen molar-refractivity contribution in [2.24, 2.45) is 0 Å². The Bertz CT molecular complexity index is 484. The van der Waals surface area contributed by atoms with Crippen LogP contribution in [0.25, 0.3) is 10.7 Å². The molecule has 2 heterocycles. The van der Waals surface area contributed by atoms with Crippen LogP contribution >= 0.6 is 27.3 Å². The van der Waals surface area contributed by atoms with Gasteiger partial charge in [0.25, 0.3) is 0 Å². The fraction of sp³-hybridized carbons (Fsp3) is 0. The fourth-order valence-electron chi connectivity index (χ4n) is 0.958. The van der Waals surface area contributed by atoms with Crippen molar-refractivity contribution in [3.05, 3.63) is 33.9 Å². The van der Waals surface area contributed by atoms with Crippen LogP contribution in [0.5, 0.6) is 0 Å².